The molecule has 2 aromatic carbocycles. The Morgan fingerprint density at radius 3 is 2.50 bits per heavy atom. The van der Waals surface area contributed by atoms with Gasteiger partial charge >= 0.3 is 5.76 Å². The van der Waals surface area contributed by atoms with Gasteiger partial charge in [0.2, 0.25) is 5.91 Å². The maximum absolute atomic E-state index is 12.2. The van der Waals surface area contributed by atoms with Gasteiger partial charge in [0.05, 0.1) is 5.52 Å². The monoisotopic (exact) mass is 375 g/mol. The second kappa shape index (κ2) is 7.79. The van der Waals surface area contributed by atoms with Crippen molar-refractivity contribution >= 4 is 22.7 Å². The number of amides is 1. The Kier molecular flexibility index (Phi) is 4.88. The van der Waals surface area contributed by atoms with E-state index in [0.717, 1.165) is 0 Å². The van der Waals surface area contributed by atoms with Gasteiger partial charge in [-0.25, -0.2) is 4.79 Å². The van der Waals surface area contributed by atoms with E-state index >= 15 is 0 Å². The van der Waals surface area contributed by atoms with Crippen LogP contribution in [0.3, 0.4) is 0 Å². The molecule has 7 nitrogen and oxygen atoms in total. The summed E-state index contributed by atoms with van der Waals surface area (Å²) in [5.74, 6) is 0.678. The van der Waals surface area contributed by atoms with Gasteiger partial charge in [-0.05, 0) is 48.5 Å². The quantitative estimate of drug-likeness (QED) is 0.554. The largest absolute Gasteiger partial charge is 0.457 e. The number of nitrogens with one attached hydrogen (secondary N) is 1. The van der Waals surface area contributed by atoms with Crippen molar-refractivity contribution in [2.24, 2.45) is 0 Å². The first-order valence-electron chi connectivity index (χ1n) is 8.75. The van der Waals surface area contributed by atoms with Crippen molar-refractivity contribution in [3.63, 3.8) is 0 Å². The molecule has 0 unspecified atom stereocenters. The molecule has 0 aliphatic carbocycles. The Hall–Kier alpha value is -3.87. The van der Waals surface area contributed by atoms with E-state index in [-0.39, 0.29) is 18.9 Å². The fourth-order valence-electron chi connectivity index (χ4n) is 2.81. The van der Waals surface area contributed by atoms with E-state index in [2.05, 4.69) is 10.3 Å². The Balaban J connectivity index is 1.36. The van der Waals surface area contributed by atoms with E-state index in [1.165, 1.54) is 4.57 Å². The lowest BCUT2D eigenvalue weighted by atomic mass is 10.3. The van der Waals surface area contributed by atoms with E-state index in [9.17, 15) is 9.59 Å². The van der Waals surface area contributed by atoms with Crippen LogP contribution in [-0.4, -0.2) is 15.5 Å². The highest BCUT2D eigenvalue weighted by Gasteiger charge is 2.10. The second-order valence-electron chi connectivity index (χ2n) is 6.09. The summed E-state index contributed by atoms with van der Waals surface area (Å²) in [6.45, 7) is 0.241. The van der Waals surface area contributed by atoms with Gasteiger partial charge in [-0.15, -0.1) is 0 Å². The van der Waals surface area contributed by atoms with Crippen LogP contribution >= 0.6 is 0 Å². The van der Waals surface area contributed by atoms with Crippen LogP contribution in [0.25, 0.3) is 11.1 Å². The average Bonchev–Trinajstić information content (AvgIpc) is 3.04. The first-order valence-corrected chi connectivity index (χ1v) is 8.75. The zero-order chi connectivity index (χ0) is 19.3. The van der Waals surface area contributed by atoms with Crippen LogP contribution in [0.2, 0.25) is 0 Å². The van der Waals surface area contributed by atoms with Gasteiger partial charge in [-0.3, -0.25) is 14.3 Å². The van der Waals surface area contributed by atoms with Gasteiger partial charge in [0.1, 0.15) is 11.5 Å². The normalized spacial score (nSPS) is 10.7. The molecule has 4 aromatic rings. The molecule has 2 aromatic heterocycles. The molecule has 7 heteroatoms. The molecule has 0 radical (unpaired) electrons. The number of pyridine rings is 1. The summed E-state index contributed by atoms with van der Waals surface area (Å²) in [4.78, 5) is 28.1. The lowest BCUT2D eigenvalue weighted by Gasteiger charge is -2.08. The number of benzene rings is 2. The number of hydrogen-bond acceptors (Lipinski definition) is 5. The molecule has 0 atom stereocenters. The Morgan fingerprint density at radius 1 is 1.00 bits per heavy atom. The maximum Gasteiger partial charge on any atom is 0.419 e. The van der Waals surface area contributed by atoms with Crippen molar-refractivity contribution in [2.45, 2.75) is 13.0 Å². The Bertz CT molecular complexity index is 1150. The number of nitrogens with zero attached hydrogens (tertiary/aromatic N) is 2. The van der Waals surface area contributed by atoms with Crippen LogP contribution in [0.1, 0.15) is 6.42 Å². The van der Waals surface area contributed by atoms with E-state index in [4.69, 9.17) is 9.15 Å². The van der Waals surface area contributed by atoms with Crippen LogP contribution in [0.4, 0.5) is 5.69 Å². The fourth-order valence-corrected chi connectivity index (χ4v) is 2.81. The van der Waals surface area contributed by atoms with Gasteiger partial charge in [-0.2, -0.15) is 0 Å². The zero-order valence-corrected chi connectivity index (χ0v) is 14.9. The minimum absolute atomic E-state index is 0.151. The molecule has 0 spiro atoms. The molecular weight excluding hydrogens is 358 g/mol. The number of hydrogen-bond donors (Lipinski definition) is 1. The summed E-state index contributed by atoms with van der Waals surface area (Å²) in [6.07, 6.45) is 3.45. The number of oxazole rings is 1. The van der Waals surface area contributed by atoms with Crippen molar-refractivity contribution < 1.29 is 13.9 Å². The molecule has 0 aliphatic rings. The molecule has 0 fully saturated rings. The minimum Gasteiger partial charge on any atom is -0.457 e. The predicted molar refractivity (Wildman–Crippen MR) is 104 cm³/mol. The third-order valence-corrected chi connectivity index (χ3v) is 4.16. The van der Waals surface area contributed by atoms with E-state index in [1.54, 1.807) is 67.0 Å². The molecule has 140 valence electrons. The van der Waals surface area contributed by atoms with Gasteiger partial charge in [0, 0.05) is 31.0 Å². The number of carbonyl (C=O) groups is 1. The van der Waals surface area contributed by atoms with Crippen LogP contribution in [-0.2, 0) is 11.3 Å². The maximum atomic E-state index is 12.2. The van der Waals surface area contributed by atoms with Crippen molar-refractivity contribution in [3.8, 4) is 11.5 Å². The van der Waals surface area contributed by atoms with Crippen LogP contribution in [0, 0.1) is 0 Å². The molecule has 0 saturated carbocycles. The standard InChI is InChI=1S/C21H17N3O4/c25-20(11-14-24-18-3-1-2-4-19(18)28-21(24)26)23-15-5-7-16(8-6-15)27-17-9-12-22-13-10-17/h1-10,12-13H,11,14H2,(H,23,25). The Labute approximate surface area is 160 Å². The lowest BCUT2D eigenvalue weighted by molar-refractivity contribution is -0.116. The molecular formula is C21H17N3O4. The molecule has 2 heterocycles. The van der Waals surface area contributed by atoms with Crippen LogP contribution in [0.15, 0.2) is 82.3 Å². The fraction of sp³-hybridized carbons (Fsp3) is 0.0952. The first-order chi connectivity index (χ1) is 13.7. The summed E-state index contributed by atoms with van der Waals surface area (Å²) < 4.78 is 12.3. The summed E-state index contributed by atoms with van der Waals surface area (Å²) in [5, 5.41) is 2.81. The lowest BCUT2D eigenvalue weighted by Crippen LogP contribution is -2.19. The average molecular weight is 375 g/mol. The number of rotatable bonds is 6. The first kappa shape index (κ1) is 17.5. The molecule has 1 N–H and O–H groups in total. The molecule has 1 amide bonds. The zero-order valence-electron chi connectivity index (χ0n) is 14.9. The molecule has 0 bridgehead atoms. The van der Waals surface area contributed by atoms with Gasteiger partial charge in [0.15, 0.2) is 5.58 Å². The summed E-state index contributed by atoms with van der Waals surface area (Å²) in [5.41, 5.74) is 1.84. The number of aryl methyl sites for hydroxylation is 1. The third-order valence-electron chi connectivity index (χ3n) is 4.16. The van der Waals surface area contributed by atoms with E-state index in [0.29, 0.717) is 28.3 Å². The number of ether oxygens (including phenoxy) is 1. The van der Waals surface area contributed by atoms with Crippen LogP contribution in [0.5, 0.6) is 11.5 Å². The van der Waals surface area contributed by atoms with Crippen molar-refractivity contribution in [3.05, 3.63) is 83.6 Å². The smallest absolute Gasteiger partial charge is 0.419 e. The van der Waals surface area contributed by atoms with Gasteiger partial charge in [0.25, 0.3) is 0 Å². The number of fused-ring (bicyclic) bond motifs is 1. The number of aromatic nitrogens is 2. The predicted octanol–water partition coefficient (Wildman–Crippen LogP) is 3.81. The van der Waals surface area contributed by atoms with Gasteiger partial charge < -0.3 is 14.5 Å². The van der Waals surface area contributed by atoms with Crippen molar-refractivity contribution in [1.82, 2.24) is 9.55 Å². The molecule has 0 saturated heterocycles. The SMILES string of the molecule is O=C(CCn1c(=O)oc2ccccc21)Nc1ccc(Oc2ccncc2)cc1. The minimum atomic E-state index is -0.466. The van der Waals surface area contributed by atoms with Crippen LogP contribution < -0.4 is 15.8 Å². The Morgan fingerprint density at radius 2 is 1.71 bits per heavy atom. The highest BCUT2D eigenvalue weighted by molar-refractivity contribution is 5.90. The highest BCUT2D eigenvalue weighted by atomic mass is 16.5. The summed E-state index contributed by atoms with van der Waals surface area (Å²) in [7, 11) is 0. The second-order valence-corrected chi connectivity index (χ2v) is 6.09. The third kappa shape index (κ3) is 3.93. The van der Waals surface area contributed by atoms with Crippen molar-refractivity contribution in [2.75, 3.05) is 5.32 Å². The summed E-state index contributed by atoms with van der Waals surface area (Å²) >= 11 is 0. The molecule has 28 heavy (non-hydrogen) atoms. The van der Waals surface area contributed by atoms with E-state index in [1.807, 2.05) is 6.07 Å². The highest BCUT2D eigenvalue weighted by Crippen LogP contribution is 2.22. The molecule has 0 aliphatic heterocycles. The topological polar surface area (TPSA) is 86.4 Å². The number of anilines is 1. The number of carbonyl (C=O) groups excluding carboxylic acids is 1. The van der Waals surface area contributed by atoms with E-state index < -0.39 is 5.76 Å². The summed E-state index contributed by atoms with van der Waals surface area (Å²) in [6, 6.07) is 17.7. The number of para-hydroxylation sites is 2. The molecule has 4 rings (SSSR count). The van der Waals surface area contributed by atoms with Crippen molar-refractivity contribution in [1.29, 1.82) is 0 Å². The van der Waals surface area contributed by atoms with Gasteiger partial charge in [-0.1, -0.05) is 12.1 Å².